The average Bonchev–Trinajstić information content (AvgIpc) is 3.03. The van der Waals surface area contributed by atoms with Crippen LogP contribution in [0.5, 0.6) is 0 Å². The maximum absolute atomic E-state index is 12.1. The van der Waals surface area contributed by atoms with Crippen molar-refractivity contribution in [2.24, 2.45) is 0 Å². The first-order valence-electron chi connectivity index (χ1n) is 8.56. The van der Waals surface area contributed by atoms with Gasteiger partial charge in [0.25, 0.3) is 5.69 Å². The van der Waals surface area contributed by atoms with Crippen molar-refractivity contribution < 1.29 is 31.4 Å². The molecule has 0 unspecified atom stereocenters. The zero-order chi connectivity index (χ0) is 20.1. The number of rotatable bonds is 7. The molecular weight excluding hydrogens is 435 g/mol. The van der Waals surface area contributed by atoms with E-state index in [1.807, 2.05) is 31.2 Å². The van der Waals surface area contributed by atoms with Crippen LogP contribution in [-0.4, -0.2) is 17.5 Å². The molecule has 1 aromatic heterocycles. The Morgan fingerprint density at radius 3 is 2.45 bits per heavy atom. The predicted octanol–water partition coefficient (Wildman–Crippen LogP) is 1.36. The summed E-state index contributed by atoms with van der Waals surface area (Å²) in [5.74, 6) is -0.488. The highest BCUT2D eigenvalue weighted by Crippen LogP contribution is 2.16. The van der Waals surface area contributed by atoms with E-state index in [1.165, 1.54) is 24.3 Å². The normalized spacial score (nSPS) is 10.3. The van der Waals surface area contributed by atoms with Crippen LogP contribution in [0.2, 0.25) is 5.02 Å². The van der Waals surface area contributed by atoms with E-state index in [0.29, 0.717) is 17.0 Å². The molecule has 0 aliphatic rings. The highest BCUT2D eigenvalue weighted by atomic mass is 35.5. The molecule has 0 radical (unpaired) electrons. The van der Waals surface area contributed by atoms with Gasteiger partial charge in [0, 0.05) is 36.1 Å². The summed E-state index contributed by atoms with van der Waals surface area (Å²) >= 11 is 7.54. The number of hydrogen-bond donors (Lipinski definition) is 0. The fourth-order valence-electron chi connectivity index (χ4n) is 2.67. The molecule has 0 N–H and O–H groups in total. The monoisotopic (exact) mass is 452 g/mol. The van der Waals surface area contributed by atoms with Gasteiger partial charge in [-0.1, -0.05) is 35.1 Å². The van der Waals surface area contributed by atoms with Crippen LogP contribution >= 0.6 is 22.9 Å². The molecule has 152 valence electrons. The van der Waals surface area contributed by atoms with Gasteiger partial charge in [-0.15, -0.1) is 0 Å². The van der Waals surface area contributed by atoms with Crippen molar-refractivity contribution in [3.05, 3.63) is 90.9 Å². The lowest BCUT2D eigenvalue weighted by molar-refractivity contribution is -0.689. The average molecular weight is 453 g/mol. The summed E-state index contributed by atoms with van der Waals surface area (Å²) in [6.07, 6.45) is 0.614. The van der Waals surface area contributed by atoms with E-state index in [1.54, 1.807) is 11.3 Å². The van der Waals surface area contributed by atoms with Gasteiger partial charge in [-0.25, -0.2) is 4.79 Å². The Balaban J connectivity index is 0.00000300. The maximum atomic E-state index is 12.1. The number of ether oxygens (including phenoxy) is 1. The molecule has 0 aliphatic heterocycles. The van der Waals surface area contributed by atoms with Crippen molar-refractivity contribution >= 4 is 34.6 Å². The fraction of sp³-hybridized carbons (Fsp3) is 0.200. The third-order valence-electron chi connectivity index (χ3n) is 4.30. The van der Waals surface area contributed by atoms with Crippen molar-refractivity contribution in [2.75, 3.05) is 6.61 Å². The summed E-state index contributed by atoms with van der Waals surface area (Å²) in [4.78, 5) is 23.4. The Morgan fingerprint density at radius 2 is 1.83 bits per heavy atom. The van der Waals surface area contributed by atoms with E-state index in [-0.39, 0.29) is 24.7 Å². The molecule has 0 amide bonds. The van der Waals surface area contributed by atoms with E-state index in [4.69, 9.17) is 16.3 Å². The molecule has 3 rings (SSSR count). The molecule has 6 nitrogen and oxygen atoms in total. The van der Waals surface area contributed by atoms with Crippen molar-refractivity contribution in [3.8, 4) is 0 Å². The fourth-order valence-corrected chi connectivity index (χ4v) is 3.78. The minimum atomic E-state index is -0.506. The number of nitrogens with zero attached hydrogens (tertiary/aromatic N) is 2. The second kappa shape index (κ2) is 10.3. The molecule has 0 atom stereocenters. The SMILES string of the molecule is Cc1c(CCOC(=O)c2ccc([N+](=O)[O-])cc2)sc[n+]1Cc1ccc(Cl)cc1.[Cl-]. The first-order valence-corrected chi connectivity index (χ1v) is 9.82. The van der Waals surface area contributed by atoms with E-state index >= 15 is 0 Å². The molecule has 0 saturated heterocycles. The summed E-state index contributed by atoms with van der Waals surface area (Å²) in [6, 6.07) is 13.1. The van der Waals surface area contributed by atoms with Crippen LogP contribution in [0.3, 0.4) is 0 Å². The van der Waals surface area contributed by atoms with E-state index in [9.17, 15) is 14.9 Å². The maximum Gasteiger partial charge on any atom is 0.338 e. The molecule has 0 spiro atoms. The number of nitro benzene ring substituents is 1. The summed E-state index contributed by atoms with van der Waals surface area (Å²) in [5, 5.41) is 11.4. The number of benzene rings is 2. The van der Waals surface area contributed by atoms with Crippen molar-refractivity contribution in [1.29, 1.82) is 0 Å². The van der Waals surface area contributed by atoms with E-state index < -0.39 is 10.9 Å². The summed E-state index contributed by atoms with van der Waals surface area (Å²) in [5.41, 5.74) is 4.58. The highest BCUT2D eigenvalue weighted by Gasteiger charge is 2.17. The standard InChI is InChI=1S/C20H18ClN2O4S.ClH/c1-14-19(28-13-22(14)12-15-2-6-17(21)7-3-15)10-11-27-20(24)16-4-8-18(9-5-16)23(25)26;/h2-9,13H,10-12H2,1H3;1H/q+1;/p-1. The third kappa shape index (κ3) is 6.00. The van der Waals surface area contributed by atoms with Gasteiger partial charge in [-0.3, -0.25) is 10.1 Å². The number of carbonyl (C=O) groups is 1. The predicted molar refractivity (Wildman–Crippen MR) is 107 cm³/mol. The first kappa shape index (κ1) is 22.8. The molecular formula is C20H18Cl2N2O4S. The van der Waals surface area contributed by atoms with E-state index in [2.05, 4.69) is 10.1 Å². The highest BCUT2D eigenvalue weighted by molar-refractivity contribution is 7.09. The second-order valence-electron chi connectivity index (χ2n) is 6.18. The van der Waals surface area contributed by atoms with Gasteiger partial charge in [0.1, 0.15) is 0 Å². The van der Waals surface area contributed by atoms with Gasteiger partial charge in [0.05, 0.1) is 22.0 Å². The lowest BCUT2D eigenvalue weighted by atomic mass is 10.2. The number of aromatic nitrogens is 1. The number of esters is 1. The third-order valence-corrected chi connectivity index (χ3v) is 5.69. The molecule has 0 bridgehead atoms. The quantitative estimate of drug-likeness (QED) is 0.234. The topological polar surface area (TPSA) is 73.3 Å². The smallest absolute Gasteiger partial charge is 0.338 e. The Bertz CT molecular complexity index is 989. The van der Waals surface area contributed by atoms with Gasteiger partial charge in [0.15, 0.2) is 12.2 Å². The van der Waals surface area contributed by atoms with Crippen molar-refractivity contribution in [3.63, 3.8) is 0 Å². The van der Waals surface area contributed by atoms with Gasteiger partial charge < -0.3 is 17.1 Å². The summed E-state index contributed by atoms with van der Waals surface area (Å²) in [6.45, 7) is 3.04. The lowest BCUT2D eigenvalue weighted by Gasteiger charge is -2.04. The molecule has 1 heterocycles. The van der Waals surface area contributed by atoms with Crippen LogP contribution in [0.1, 0.15) is 26.5 Å². The number of non-ortho nitro benzene ring substituents is 1. The summed E-state index contributed by atoms with van der Waals surface area (Å²) < 4.78 is 7.46. The van der Waals surface area contributed by atoms with Crippen LogP contribution in [-0.2, 0) is 17.7 Å². The molecule has 0 fully saturated rings. The lowest BCUT2D eigenvalue weighted by Crippen LogP contribution is -3.00. The van der Waals surface area contributed by atoms with Crippen molar-refractivity contribution in [1.82, 2.24) is 0 Å². The number of hydrogen-bond acceptors (Lipinski definition) is 5. The van der Waals surface area contributed by atoms with Gasteiger partial charge in [-0.05, 0) is 24.3 Å². The molecule has 9 heteroatoms. The Kier molecular flexibility index (Phi) is 8.13. The van der Waals surface area contributed by atoms with Gasteiger partial charge in [0.2, 0.25) is 5.51 Å². The Morgan fingerprint density at radius 1 is 1.17 bits per heavy atom. The van der Waals surface area contributed by atoms with Gasteiger partial charge >= 0.3 is 5.97 Å². The zero-order valence-corrected chi connectivity index (χ0v) is 17.8. The van der Waals surface area contributed by atoms with Crippen LogP contribution < -0.4 is 17.0 Å². The molecule has 0 aliphatic carbocycles. The molecule has 3 aromatic rings. The molecule has 2 aromatic carbocycles. The van der Waals surface area contributed by atoms with E-state index in [0.717, 1.165) is 22.7 Å². The second-order valence-corrected chi connectivity index (χ2v) is 7.55. The number of thiazole rings is 1. The minimum Gasteiger partial charge on any atom is -1.00 e. The van der Waals surface area contributed by atoms with Crippen LogP contribution in [0.25, 0.3) is 0 Å². The summed E-state index contributed by atoms with van der Waals surface area (Å²) in [7, 11) is 0. The van der Waals surface area contributed by atoms with Crippen LogP contribution in [0, 0.1) is 17.0 Å². The van der Waals surface area contributed by atoms with Crippen LogP contribution in [0.4, 0.5) is 5.69 Å². The molecule has 0 saturated carbocycles. The first-order chi connectivity index (χ1) is 13.4. The zero-order valence-electron chi connectivity index (χ0n) is 15.5. The number of nitro groups is 1. The Labute approximate surface area is 183 Å². The van der Waals surface area contributed by atoms with Crippen molar-refractivity contribution in [2.45, 2.75) is 19.9 Å². The number of halogens is 2. The molecule has 29 heavy (non-hydrogen) atoms. The largest absolute Gasteiger partial charge is 1.00 e. The van der Waals surface area contributed by atoms with Gasteiger partial charge in [-0.2, -0.15) is 4.57 Å². The minimum absolute atomic E-state index is 0. The number of carbonyl (C=O) groups excluding carboxylic acids is 1. The van der Waals surface area contributed by atoms with Crippen LogP contribution in [0.15, 0.2) is 54.0 Å². The Hall–Kier alpha value is -2.48.